The third-order valence-electron chi connectivity index (χ3n) is 0.753. The standard InChI is InChI=1S/C5H7N.CHN/c1-5-3-2-4-6-5;1-2/h2-4,6H,1H3;1H. The SMILES string of the molecule is C#N.Cc1ccc[nH]1. The van der Waals surface area contributed by atoms with Crippen molar-refractivity contribution in [1.29, 1.82) is 5.26 Å². The molecule has 0 saturated heterocycles. The van der Waals surface area contributed by atoms with Gasteiger partial charge in [0, 0.05) is 18.5 Å². The molecule has 8 heavy (non-hydrogen) atoms. The number of nitrogens with one attached hydrogen (secondary N) is 1. The van der Waals surface area contributed by atoms with E-state index in [4.69, 9.17) is 5.26 Å². The molecule has 0 saturated carbocycles. The van der Waals surface area contributed by atoms with Crippen molar-refractivity contribution in [2.45, 2.75) is 6.92 Å². The highest BCUT2D eigenvalue weighted by Crippen LogP contribution is 1.86. The van der Waals surface area contributed by atoms with Crippen LogP contribution in [0.3, 0.4) is 0 Å². The zero-order valence-electron chi connectivity index (χ0n) is 4.76. The molecule has 0 amide bonds. The van der Waals surface area contributed by atoms with Crippen molar-refractivity contribution in [3.63, 3.8) is 0 Å². The van der Waals surface area contributed by atoms with Gasteiger partial charge in [-0.1, -0.05) is 0 Å². The third-order valence-corrected chi connectivity index (χ3v) is 0.753. The maximum Gasteiger partial charge on any atom is 0.0462 e. The van der Waals surface area contributed by atoms with E-state index in [0.29, 0.717) is 0 Å². The van der Waals surface area contributed by atoms with Crippen LogP contribution in [0.25, 0.3) is 0 Å². The molecule has 0 unspecified atom stereocenters. The van der Waals surface area contributed by atoms with E-state index in [1.165, 1.54) is 5.69 Å². The van der Waals surface area contributed by atoms with Gasteiger partial charge < -0.3 is 4.98 Å². The number of nitrogens with zero attached hydrogens (tertiary/aromatic N) is 1. The summed E-state index contributed by atoms with van der Waals surface area (Å²) in [5.41, 5.74) is 1.22. The maximum absolute atomic E-state index is 6.50. The van der Waals surface area contributed by atoms with Crippen LogP contribution < -0.4 is 0 Å². The molecule has 0 radical (unpaired) electrons. The second-order valence-corrected chi connectivity index (χ2v) is 1.35. The normalized spacial score (nSPS) is 6.88. The number of rotatable bonds is 0. The Morgan fingerprint density at radius 1 is 1.62 bits per heavy atom. The highest BCUT2D eigenvalue weighted by atomic mass is 14.7. The molecule has 0 aliphatic carbocycles. The lowest BCUT2D eigenvalue weighted by Gasteiger charge is -1.70. The molecule has 2 heteroatoms. The van der Waals surface area contributed by atoms with Gasteiger partial charge in [-0.15, -0.1) is 0 Å². The molecule has 1 aromatic rings. The van der Waals surface area contributed by atoms with Gasteiger partial charge in [-0.25, -0.2) is 5.26 Å². The van der Waals surface area contributed by atoms with Crippen LogP contribution in [0.4, 0.5) is 0 Å². The smallest absolute Gasteiger partial charge is 0.0462 e. The zero-order chi connectivity index (χ0) is 6.41. The van der Waals surface area contributed by atoms with Crippen molar-refractivity contribution in [2.75, 3.05) is 0 Å². The van der Waals surface area contributed by atoms with Crippen molar-refractivity contribution in [2.24, 2.45) is 0 Å². The first-order chi connectivity index (χ1) is 3.89. The van der Waals surface area contributed by atoms with Crippen LogP contribution in [0.15, 0.2) is 18.3 Å². The van der Waals surface area contributed by atoms with E-state index in [0.717, 1.165) is 0 Å². The zero-order valence-corrected chi connectivity index (χ0v) is 4.76. The summed E-state index contributed by atoms with van der Waals surface area (Å²) in [6.07, 6.45) is 1.91. The molecule has 1 heterocycles. The number of hydrogen-bond donors (Lipinski definition) is 1. The van der Waals surface area contributed by atoms with Gasteiger partial charge in [-0.05, 0) is 19.1 Å². The molecular weight excluding hydrogens is 100 g/mol. The Kier molecular flexibility index (Phi) is 3.34. The molecular formula is C6H8N2. The Morgan fingerprint density at radius 3 is 2.38 bits per heavy atom. The fraction of sp³-hybridized carbons (Fsp3) is 0.167. The van der Waals surface area contributed by atoms with Gasteiger partial charge in [0.1, 0.15) is 0 Å². The quantitative estimate of drug-likeness (QED) is 0.537. The van der Waals surface area contributed by atoms with Gasteiger partial charge >= 0.3 is 0 Å². The second kappa shape index (κ2) is 3.94. The van der Waals surface area contributed by atoms with Crippen LogP contribution in [-0.2, 0) is 0 Å². The lowest BCUT2D eigenvalue weighted by atomic mass is 10.5. The first-order valence-electron chi connectivity index (χ1n) is 2.25. The molecule has 1 aromatic heterocycles. The van der Waals surface area contributed by atoms with Gasteiger partial charge in [-0.2, -0.15) is 0 Å². The van der Waals surface area contributed by atoms with Crippen LogP contribution in [0.2, 0.25) is 0 Å². The number of H-pyrrole nitrogens is 1. The molecule has 0 atom stereocenters. The van der Waals surface area contributed by atoms with Crippen LogP contribution >= 0.6 is 0 Å². The Labute approximate surface area is 48.8 Å². The van der Waals surface area contributed by atoms with Crippen molar-refractivity contribution >= 4 is 0 Å². The minimum atomic E-state index is 1.22. The van der Waals surface area contributed by atoms with Gasteiger partial charge in [0.05, 0.1) is 0 Å². The predicted molar refractivity (Wildman–Crippen MR) is 32.2 cm³/mol. The minimum absolute atomic E-state index is 1.22. The molecule has 0 fully saturated rings. The van der Waals surface area contributed by atoms with Crippen LogP contribution in [0, 0.1) is 18.8 Å². The lowest BCUT2D eigenvalue weighted by Crippen LogP contribution is -1.59. The molecule has 0 bridgehead atoms. The number of nitriles is 1. The van der Waals surface area contributed by atoms with Gasteiger partial charge in [0.15, 0.2) is 0 Å². The number of aromatic nitrogens is 1. The lowest BCUT2D eigenvalue weighted by molar-refractivity contribution is 1.27. The van der Waals surface area contributed by atoms with E-state index in [1.807, 2.05) is 25.3 Å². The predicted octanol–water partition coefficient (Wildman–Crippen LogP) is 1.46. The number of aryl methyl sites for hydroxylation is 1. The van der Waals surface area contributed by atoms with E-state index < -0.39 is 0 Å². The van der Waals surface area contributed by atoms with Crippen LogP contribution in [0.5, 0.6) is 0 Å². The summed E-state index contributed by atoms with van der Waals surface area (Å²) in [4.78, 5) is 3.00. The summed E-state index contributed by atoms with van der Waals surface area (Å²) in [6, 6.07) is 4.01. The molecule has 0 spiro atoms. The Hall–Kier alpha value is -1.23. The number of hydrogen-bond acceptors (Lipinski definition) is 1. The summed E-state index contributed by atoms with van der Waals surface area (Å²) in [7, 11) is 0. The van der Waals surface area contributed by atoms with Gasteiger partial charge in [-0.3, -0.25) is 0 Å². The van der Waals surface area contributed by atoms with Crippen molar-refractivity contribution in [3.05, 3.63) is 24.0 Å². The fourth-order valence-corrected chi connectivity index (χ4v) is 0.420. The minimum Gasteiger partial charge on any atom is -0.365 e. The van der Waals surface area contributed by atoms with E-state index in [1.54, 1.807) is 0 Å². The maximum atomic E-state index is 6.50. The molecule has 42 valence electrons. The monoisotopic (exact) mass is 108 g/mol. The fourth-order valence-electron chi connectivity index (χ4n) is 0.420. The Balaban J connectivity index is 0.000000222. The molecule has 0 aliphatic heterocycles. The highest BCUT2D eigenvalue weighted by molar-refractivity contribution is 4.99. The summed E-state index contributed by atoms with van der Waals surface area (Å²) in [5, 5.41) is 6.50. The summed E-state index contributed by atoms with van der Waals surface area (Å²) < 4.78 is 0. The Morgan fingerprint density at radius 2 is 2.25 bits per heavy atom. The van der Waals surface area contributed by atoms with Crippen LogP contribution in [-0.4, -0.2) is 4.98 Å². The average Bonchev–Trinajstić information content (AvgIpc) is 2.24. The first kappa shape index (κ1) is 6.77. The van der Waals surface area contributed by atoms with Crippen molar-refractivity contribution in [3.8, 4) is 6.57 Å². The molecule has 0 aromatic carbocycles. The Bertz CT molecular complexity index is 139. The summed E-state index contributed by atoms with van der Waals surface area (Å²) in [6.45, 7) is 5.53. The van der Waals surface area contributed by atoms with E-state index >= 15 is 0 Å². The molecule has 1 rings (SSSR count). The van der Waals surface area contributed by atoms with Gasteiger partial charge in [0.25, 0.3) is 0 Å². The van der Waals surface area contributed by atoms with Crippen molar-refractivity contribution in [1.82, 2.24) is 4.98 Å². The first-order valence-corrected chi connectivity index (χ1v) is 2.25. The largest absolute Gasteiger partial charge is 0.365 e. The van der Waals surface area contributed by atoms with E-state index in [9.17, 15) is 0 Å². The average molecular weight is 108 g/mol. The summed E-state index contributed by atoms with van der Waals surface area (Å²) >= 11 is 0. The second-order valence-electron chi connectivity index (χ2n) is 1.35. The number of aromatic amines is 1. The molecule has 1 N–H and O–H groups in total. The molecule has 2 nitrogen and oxygen atoms in total. The molecule has 0 aliphatic rings. The third kappa shape index (κ3) is 2.04. The van der Waals surface area contributed by atoms with Crippen LogP contribution in [0.1, 0.15) is 5.69 Å². The summed E-state index contributed by atoms with van der Waals surface area (Å²) in [5.74, 6) is 0. The highest BCUT2D eigenvalue weighted by Gasteiger charge is 1.72. The van der Waals surface area contributed by atoms with Gasteiger partial charge in [0.2, 0.25) is 0 Å². The topological polar surface area (TPSA) is 39.6 Å². The van der Waals surface area contributed by atoms with E-state index in [-0.39, 0.29) is 0 Å². The van der Waals surface area contributed by atoms with Crippen molar-refractivity contribution < 1.29 is 0 Å². The van der Waals surface area contributed by atoms with E-state index in [2.05, 4.69) is 11.6 Å².